The Morgan fingerprint density at radius 3 is 2.72 bits per heavy atom. The second-order valence-corrected chi connectivity index (χ2v) is 5.49. The molecule has 1 amide bonds. The molecule has 0 aliphatic carbocycles. The normalized spacial score (nSPS) is 13.8. The summed E-state index contributed by atoms with van der Waals surface area (Å²) in [7, 11) is 0. The highest BCUT2D eigenvalue weighted by Crippen LogP contribution is 2.16. The van der Waals surface area contributed by atoms with Crippen LogP contribution in [0.25, 0.3) is 0 Å². The monoisotopic (exact) mass is 312 g/mol. The molecule has 0 bridgehead atoms. The van der Waals surface area contributed by atoms with Crippen LogP contribution in [0.15, 0.2) is 28.7 Å². The number of rotatable bonds is 6. The van der Waals surface area contributed by atoms with Gasteiger partial charge >= 0.3 is 0 Å². The first-order valence-electron chi connectivity index (χ1n) is 6.35. The predicted molar refractivity (Wildman–Crippen MR) is 79.7 cm³/mol. The molecule has 3 nitrogen and oxygen atoms in total. The maximum atomic E-state index is 11.9. The summed E-state index contributed by atoms with van der Waals surface area (Å²) in [5, 5.41) is 6.19. The van der Waals surface area contributed by atoms with Crippen molar-refractivity contribution in [1.82, 2.24) is 5.32 Å². The van der Waals surface area contributed by atoms with E-state index in [1.165, 1.54) is 0 Å². The molecule has 0 aliphatic rings. The van der Waals surface area contributed by atoms with Gasteiger partial charge in [-0.05, 0) is 38.5 Å². The number of carbonyl (C=O) groups excluding carboxylic acids is 1. The Kier molecular flexibility index (Phi) is 6.19. The van der Waals surface area contributed by atoms with Gasteiger partial charge in [0.1, 0.15) is 6.04 Å². The highest BCUT2D eigenvalue weighted by molar-refractivity contribution is 9.10. The van der Waals surface area contributed by atoms with Gasteiger partial charge in [-0.2, -0.15) is 0 Å². The Morgan fingerprint density at radius 2 is 2.11 bits per heavy atom. The van der Waals surface area contributed by atoms with Crippen LogP contribution >= 0.6 is 15.9 Å². The maximum absolute atomic E-state index is 11.9. The highest BCUT2D eigenvalue weighted by Gasteiger charge is 2.14. The van der Waals surface area contributed by atoms with Crippen molar-refractivity contribution < 1.29 is 4.79 Å². The first-order chi connectivity index (χ1) is 8.52. The second-order valence-electron chi connectivity index (χ2n) is 4.57. The van der Waals surface area contributed by atoms with Crippen LogP contribution in [0.5, 0.6) is 0 Å². The average Bonchev–Trinajstić information content (AvgIpc) is 2.29. The Labute approximate surface area is 117 Å². The molecule has 0 radical (unpaired) electrons. The molecule has 18 heavy (non-hydrogen) atoms. The van der Waals surface area contributed by atoms with E-state index in [1.54, 1.807) is 0 Å². The topological polar surface area (TPSA) is 41.1 Å². The minimum atomic E-state index is -0.237. The molecule has 2 unspecified atom stereocenters. The lowest BCUT2D eigenvalue weighted by Gasteiger charge is -2.19. The van der Waals surface area contributed by atoms with Crippen molar-refractivity contribution >= 4 is 27.5 Å². The Hall–Kier alpha value is -1.03. The van der Waals surface area contributed by atoms with Crippen LogP contribution in [-0.4, -0.2) is 18.0 Å². The minimum Gasteiger partial charge on any atom is -0.374 e. The molecule has 0 saturated heterocycles. The van der Waals surface area contributed by atoms with Crippen LogP contribution in [0.1, 0.15) is 33.6 Å². The lowest BCUT2D eigenvalue weighted by Crippen LogP contribution is -2.42. The summed E-state index contributed by atoms with van der Waals surface area (Å²) >= 11 is 3.41. The zero-order valence-electron chi connectivity index (χ0n) is 11.2. The lowest BCUT2D eigenvalue weighted by atomic mass is 10.2. The van der Waals surface area contributed by atoms with Crippen LogP contribution in [0.2, 0.25) is 0 Å². The number of hydrogen-bond donors (Lipinski definition) is 2. The van der Waals surface area contributed by atoms with Gasteiger partial charge in [-0.25, -0.2) is 0 Å². The molecule has 0 aromatic heterocycles. The molecule has 0 aliphatic heterocycles. The third-order valence-electron chi connectivity index (χ3n) is 2.71. The van der Waals surface area contributed by atoms with Gasteiger partial charge in [-0.3, -0.25) is 4.79 Å². The van der Waals surface area contributed by atoms with Gasteiger partial charge in [0.05, 0.1) is 0 Å². The zero-order chi connectivity index (χ0) is 13.5. The molecule has 100 valence electrons. The fourth-order valence-corrected chi connectivity index (χ4v) is 2.17. The molecule has 2 atom stereocenters. The Bertz CT molecular complexity index is 395. The molecular formula is C14H21BrN2O. The second kappa shape index (κ2) is 7.41. The molecule has 0 fully saturated rings. The van der Waals surface area contributed by atoms with Crippen molar-refractivity contribution in [3.63, 3.8) is 0 Å². The van der Waals surface area contributed by atoms with Crippen molar-refractivity contribution in [2.75, 3.05) is 5.32 Å². The molecule has 4 heteroatoms. The van der Waals surface area contributed by atoms with Crippen LogP contribution in [0.4, 0.5) is 5.69 Å². The van der Waals surface area contributed by atoms with Gasteiger partial charge in [0.15, 0.2) is 0 Å². The summed E-state index contributed by atoms with van der Waals surface area (Å²) in [6.07, 6.45) is 2.09. The summed E-state index contributed by atoms with van der Waals surface area (Å²) in [6, 6.07) is 7.80. The summed E-state index contributed by atoms with van der Waals surface area (Å²) in [4.78, 5) is 11.9. The molecule has 2 N–H and O–H groups in total. The number of anilines is 1. The zero-order valence-corrected chi connectivity index (χ0v) is 12.8. The number of carbonyl (C=O) groups is 1. The third kappa shape index (κ3) is 5.08. The van der Waals surface area contributed by atoms with E-state index in [9.17, 15) is 4.79 Å². The molecule has 1 aromatic rings. The van der Waals surface area contributed by atoms with Crippen molar-refractivity contribution in [3.8, 4) is 0 Å². The van der Waals surface area contributed by atoms with Gasteiger partial charge in [-0.1, -0.05) is 35.3 Å². The quantitative estimate of drug-likeness (QED) is 0.843. The van der Waals surface area contributed by atoms with Crippen molar-refractivity contribution in [1.29, 1.82) is 0 Å². The van der Waals surface area contributed by atoms with E-state index >= 15 is 0 Å². The van der Waals surface area contributed by atoms with Gasteiger partial charge in [-0.15, -0.1) is 0 Å². The van der Waals surface area contributed by atoms with Crippen molar-refractivity contribution in [3.05, 3.63) is 28.7 Å². The summed E-state index contributed by atoms with van der Waals surface area (Å²) in [5.41, 5.74) is 0.940. The van der Waals surface area contributed by atoms with Gasteiger partial charge in [0.25, 0.3) is 0 Å². The third-order valence-corrected chi connectivity index (χ3v) is 3.20. The predicted octanol–water partition coefficient (Wildman–Crippen LogP) is 3.55. The number of amides is 1. The van der Waals surface area contributed by atoms with Crippen molar-refractivity contribution in [2.24, 2.45) is 0 Å². The van der Waals surface area contributed by atoms with Crippen molar-refractivity contribution in [2.45, 2.75) is 45.7 Å². The Balaban J connectivity index is 2.49. The molecular weight excluding hydrogens is 292 g/mol. The largest absolute Gasteiger partial charge is 0.374 e. The standard InChI is InChI=1S/C14H21BrN2O/c1-4-6-10(2)16-14(18)11(3)17-13-8-5-7-12(15)9-13/h5,7-11,17H,4,6H2,1-3H3,(H,16,18). The Morgan fingerprint density at radius 1 is 1.39 bits per heavy atom. The summed E-state index contributed by atoms with van der Waals surface area (Å²) in [5.74, 6) is 0.0379. The maximum Gasteiger partial charge on any atom is 0.242 e. The van der Waals surface area contributed by atoms with E-state index in [4.69, 9.17) is 0 Å². The summed E-state index contributed by atoms with van der Waals surface area (Å²) < 4.78 is 0.999. The number of nitrogens with one attached hydrogen (secondary N) is 2. The number of benzene rings is 1. The lowest BCUT2D eigenvalue weighted by molar-refractivity contribution is -0.122. The summed E-state index contributed by atoms with van der Waals surface area (Å²) in [6.45, 7) is 6.02. The molecule has 0 heterocycles. The van der Waals surface area contributed by atoms with E-state index in [-0.39, 0.29) is 18.0 Å². The van der Waals surface area contributed by atoms with Gasteiger partial charge in [0.2, 0.25) is 5.91 Å². The van der Waals surface area contributed by atoms with E-state index < -0.39 is 0 Å². The fourth-order valence-electron chi connectivity index (χ4n) is 1.77. The van der Waals surface area contributed by atoms with Crippen LogP contribution in [0, 0.1) is 0 Å². The average molecular weight is 313 g/mol. The van der Waals surface area contributed by atoms with Gasteiger partial charge in [0, 0.05) is 16.2 Å². The minimum absolute atomic E-state index is 0.0379. The van der Waals surface area contributed by atoms with Crippen LogP contribution < -0.4 is 10.6 Å². The van der Waals surface area contributed by atoms with Crippen LogP contribution in [-0.2, 0) is 4.79 Å². The smallest absolute Gasteiger partial charge is 0.242 e. The SMILES string of the molecule is CCCC(C)NC(=O)C(C)Nc1cccc(Br)c1. The van der Waals surface area contributed by atoms with E-state index in [0.717, 1.165) is 23.0 Å². The molecule has 1 rings (SSSR count). The van der Waals surface area contributed by atoms with Crippen LogP contribution in [0.3, 0.4) is 0 Å². The first-order valence-corrected chi connectivity index (χ1v) is 7.14. The fraction of sp³-hybridized carbons (Fsp3) is 0.500. The van der Waals surface area contributed by atoms with E-state index in [0.29, 0.717) is 0 Å². The number of halogens is 1. The highest BCUT2D eigenvalue weighted by atomic mass is 79.9. The first kappa shape index (κ1) is 15.0. The van der Waals surface area contributed by atoms with Gasteiger partial charge < -0.3 is 10.6 Å². The van der Waals surface area contributed by atoms with E-state index in [1.807, 2.05) is 38.1 Å². The molecule has 0 spiro atoms. The molecule has 1 aromatic carbocycles. The van der Waals surface area contributed by atoms with E-state index in [2.05, 4.69) is 33.5 Å². The molecule has 0 saturated carbocycles. The number of hydrogen-bond acceptors (Lipinski definition) is 2.